The Labute approximate surface area is 190 Å². The van der Waals surface area contributed by atoms with Gasteiger partial charge in [-0.05, 0) is 56.3 Å². The van der Waals surface area contributed by atoms with Crippen molar-refractivity contribution in [2.24, 2.45) is 0 Å². The number of nitrogens with one attached hydrogen (secondary N) is 3. The molecular weight excluding hydrogens is 416 g/mol. The van der Waals surface area contributed by atoms with E-state index in [-0.39, 0.29) is 6.17 Å². The zero-order chi connectivity index (χ0) is 22.9. The summed E-state index contributed by atoms with van der Waals surface area (Å²) in [6.07, 6.45) is 7.90. The molecule has 1 aliphatic heterocycles. The summed E-state index contributed by atoms with van der Waals surface area (Å²) in [5, 5.41) is 11.9. The molecule has 0 aliphatic carbocycles. The molecule has 0 fully saturated rings. The van der Waals surface area contributed by atoms with Gasteiger partial charge >= 0.3 is 0 Å². The number of aldehydes is 1. The van der Waals surface area contributed by atoms with Gasteiger partial charge in [-0.25, -0.2) is 9.67 Å². The number of nitrogens with zero attached hydrogens (tertiary/aromatic N) is 4. The summed E-state index contributed by atoms with van der Waals surface area (Å²) in [6, 6.07) is 14.3. The number of hydrogen-bond acceptors (Lipinski definition) is 6. The van der Waals surface area contributed by atoms with Crippen molar-refractivity contribution in [2.75, 3.05) is 16.4 Å². The van der Waals surface area contributed by atoms with Gasteiger partial charge in [-0.1, -0.05) is 0 Å². The van der Waals surface area contributed by atoms with Crippen molar-refractivity contribution >= 4 is 34.4 Å². The van der Waals surface area contributed by atoms with E-state index in [0.29, 0.717) is 17.7 Å². The van der Waals surface area contributed by atoms with E-state index in [0.717, 1.165) is 22.7 Å². The van der Waals surface area contributed by atoms with Crippen molar-refractivity contribution in [3.05, 3.63) is 78.6 Å². The lowest BCUT2D eigenvalue weighted by molar-refractivity contribution is 0.112. The van der Waals surface area contributed by atoms with Gasteiger partial charge < -0.3 is 25.9 Å². The Balaban J connectivity index is 0.000000140. The normalized spacial score (nSPS) is 14.2. The molecular formula is C24H24N8O. The fourth-order valence-corrected chi connectivity index (χ4v) is 3.92. The third kappa shape index (κ3) is 3.91. The number of imidazole rings is 1. The van der Waals surface area contributed by atoms with Gasteiger partial charge in [-0.2, -0.15) is 5.10 Å². The van der Waals surface area contributed by atoms with E-state index < -0.39 is 0 Å². The Kier molecular flexibility index (Phi) is 5.06. The second-order valence-electron chi connectivity index (χ2n) is 7.95. The highest BCUT2D eigenvalue weighted by atomic mass is 16.1. The molecule has 5 aromatic rings. The number of rotatable bonds is 3. The molecule has 2 aromatic carbocycles. The van der Waals surface area contributed by atoms with Crippen LogP contribution in [-0.4, -0.2) is 36.8 Å². The van der Waals surface area contributed by atoms with Crippen LogP contribution in [0.3, 0.4) is 0 Å². The van der Waals surface area contributed by atoms with Crippen molar-refractivity contribution in [1.82, 2.24) is 24.3 Å². The molecule has 0 amide bonds. The van der Waals surface area contributed by atoms with Crippen LogP contribution in [0.2, 0.25) is 0 Å². The van der Waals surface area contributed by atoms with E-state index in [1.807, 2.05) is 35.9 Å². The highest BCUT2D eigenvalue weighted by molar-refractivity contribution is 5.83. The monoisotopic (exact) mass is 440 g/mol. The van der Waals surface area contributed by atoms with Crippen molar-refractivity contribution < 1.29 is 4.79 Å². The molecule has 9 nitrogen and oxygen atoms in total. The number of fused-ring (bicyclic) bond motifs is 2. The zero-order valence-corrected chi connectivity index (χ0v) is 18.3. The first kappa shape index (κ1) is 20.4. The molecule has 0 bridgehead atoms. The van der Waals surface area contributed by atoms with E-state index in [2.05, 4.69) is 56.9 Å². The Morgan fingerprint density at radius 2 is 1.88 bits per heavy atom. The van der Waals surface area contributed by atoms with Crippen LogP contribution in [0.25, 0.3) is 22.3 Å². The number of anilines is 3. The Morgan fingerprint density at radius 3 is 2.64 bits per heavy atom. The number of H-pyrrole nitrogens is 1. The van der Waals surface area contributed by atoms with E-state index in [4.69, 9.17) is 5.73 Å². The molecule has 33 heavy (non-hydrogen) atoms. The third-order valence-electron chi connectivity index (χ3n) is 5.50. The van der Waals surface area contributed by atoms with Crippen LogP contribution in [-0.2, 0) is 0 Å². The van der Waals surface area contributed by atoms with Crippen LogP contribution in [0.1, 0.15) is 23.0 Å². The first-order valence-electron chi connectivity index (χ1n) is 10.6. The minimum Gasteiger partial charge on any atom is -0.383 e. The first-order chi connectivity index (χ1) is 16.0. The predicted octanol–water partition coefficient (Wildman–Crippen LogP) is 4.11. The van der Waals surface area contributed by atoms with Crippen LogP contribution in [0.4, 0.5) is 17.2 Å². The molecule has 5 N–H and O–H groups in total. The van der Waals surface area contributed by atoms with Crippen molar-refractivity contribution in [1.29, 1.82) is 0 Å². The van der Waals surface area contributed by atoms with Crippen molar-refractivity contribution in [3.8, 4) is 11.4 Å². The summed E-state index contributed by atoms with van der Waals surface area (Å²) in [5.74, 6) is 0.351. The molecule has 6 rings (SSSR count). The predicted molar refractivity (Wildman–Crippen MR) is 130 cm³/mol. The Morgan fingerprint density at radius 1 is 1.06 bits per heavy atom. The number of aromatic amines is 1. The van der Waals surface area contributed by atoms with Crippen LogP contribution in [0.5, 0.6) is 0 Å². The Bertz CT molecular complexity index is 1430. The lowest BCUT2D eigenvalue weighted by Gasteiger charge is -2.06. The number of carbonyl (C=O) groups excluding carboxylic acids is 1. The molecule has 0 saturated carbocycles. The number of aryl methyl sites for hydroxylation is 1. The highest BCUT2D eigenvalue weighted by Crippen LogP contribution is 2.31. The maximum absolute atomic E-state index is 10.7. The number of nitrogens with two attached hydrogens (primary N) is 1. The molecule has 1 unspecified atom stereocenters. The van der Waals surface area contributed by atoms with Crippen molar-refractivity contribution in [2.45, 2.75) is 20.0 Å². The number of aromatic nitrogens is 5. The minimum absolute atomic E-state index is 0.204. The summed E-state index contributed by atoms with van der Waals surface area (Å²) in [5.41, 5.74) is 12.6. The van der Waals surface area contributed by atoms with Gasteiger partial charge in [0.1, 0.15) is 5.82 Å². The number of benzene rings is 2. The number of carbonyl (C=O) groups is 1. The van der Waals surface area contributed by atoms with E-state index >= 15 is 0 Å². The number of hydrogen-bond donors (Lipinski definition) is 4. The van der Waals surface area contributed by atoms with Gasteiger partial charge in [-0.3, -0.25) is 4.79 Å². The minimum atomic E-state index is 0.204. The summed E-state index contributed by atoms with van der Waals surface area (Å²) in [7, 11) is 0. The van der Waals surface area contributed by atoms with E-state index in [1.165, 1.54) is 22.8 Å². The lowest BCUT2D eigenvalue weighted by atomic mass is 10.2. The quantitative estimate of drug-likeness (QED) is 0.314. The van der Waals surface area contributed by atoms with Gasteiger partial charge in [0.25, 0.3) is 0 Å². The van der Waals surface area contributed by atoms with Crippen LogP contribution in [0.15, 0.2) is 67.4 Å². The van der Waals surface area contributed by atoms with Gasteiger partial charge in [-0.15, -0.1) is 0 Å². The average molecular weight is 441 g/mol. The second-order valence-corrected chi connectivity index (χ2v) is 7.95. The Hall–Kier alpha value is -4.53. The van der Waals surface area contributed by atoms with E-state index in [1.54, 1.807) is 17.2 Å². The first-order valence-corrected chi connectivity index (χ1v) is 10.6. The van der Waals surface area contributed by atoms with Crippen LogP contribution >= 0.6 is 0 Å². The SMILES string of the molecule is CC1Nc2ccc(-n3ncc(C=O)c3N)cc2N1.Cc1cc2cc(-n3ccnc3)ccc2[nH]1. The van der Waals surface area contributed by atoms with Gasteiger partial charge in [0, 0.05) is 34.7 Å². The smallest absolute Gasteiger partial charge is 0.155 e. The highest BCUT2D eigenvalue weighted by Gasteiger charge is 2.17. The van der Waals surface area contributed by atoms with E-state index in [9.17, 15) is 4.79 Å². The number of nitrogen functional groups attached to an aromatic ring is 1. The summed E-state index contributed by atoms with van der Waals surface area (Å²) >= 11 is 0. The molecule has 0 saturated heterocycles. The maximum Gasteiger partial charge on any atom is 0.155 e. The van der Waals surface area contributed by atoms with Crippen LogP contribution in [0, 0.1) is 6.92 Å². The molecule has 3 aromatic heterocycles. The maximum atomic E-state index is 10.7. The molecule has 9 heteroatoms. The molecule has 0 spiro atoms. The summed E-state index contributed by atoms with van der Waals surface area (Å²) < 4.78 is 3.55. The standard InChI is InChI=1S/C12H13N5O.C12H11N3/c1-7-15-10-3-2-9(4-11(10)16-7)17-12(13)8(6-18)5-14-17;1-9-6-10-7-11(2-3-12(10)14-9)15-5-4-13-8-15/h2-7,15-16H,13H2,1H3;2-8,14H,1H3. The average Bonchev–Trinajstić information content (AvgIpc) is 3.58. The summed E-state index contributed by atoms with van der Waals surface area (Å²) in [4.78, 5) is 18.1. The topological polar surface area (TPSA) is 119 Å². The van der Waals surface area contributed by atoms with Gasteiger partial charge in [0.2, 0.25) is 0 Å². The molecule has 1 atom stereocenters. The molecule has 0 radical (unpaired) electrons. The third-order valence-corrected chi connectivity index (χ3v) is 5.50. The van der Waals surface area contributed by atoms with Crippen LogP contribution < -0.4 is 16.4 Å². The second kappa shape index (κ2) is 8.19. The van der Waals surface area contributed by atoms with Crippen molar-refractivity contribution in [3.63, 3.8) is 0 Å². The molecule has 1 aliphatic rings. The molecule has 166 valence electrons. The fourth-order valence-electron chi connectivity index (χ4n) is 3.92. The lowest BCUT2D eigenvalue weighted by Crippen LogP contribution is -2.16. The van der Waals surface area contributed by atoms with Gasteiger partial charge in [0.15, 0.2) is 6.29 Å². The zero-order valence-electron chi connectivity index (χ0n) is 18.3. The van der Waals surface area contributed by atoms with Gasteiger partial charge in [0.05, 0.1) is 41.3 Å². The largest absolute Gasteiger partial charge is 0.383 e. The summed E-state index contributed by atoms with van der Waals surface area (Å²) in [6.45, 7) is 4.10. The fraction of sp³-hybridized carbons (Fsp3) is 0.125. The molecule has 4 heterocycles.